The van der Waals surface area contributed by atoms with E-state index in [9.17, 15) is 0 Å². The van der Waals surface area contributed by atoms with Gasteiger partial charge in [0, 0.05) is 5.39 Å². The van der Waals surface area contributed by atoms with E-state index in [1.165, 1.54) is 29.4 Å². The number of hydrogen-bond donors (Lipinski definition) is 0. The standard InChI is InChI=1S/C16H13N3OS2/c1-21-16-18-19-8-12(17-15(19)22-16)13-7-10-6-5-9-3-2-4-11(9)14(10)20-13/h5-8H,2-4H2,1H3. The number of furan rings is 1. The SMILES string of the molecule is CSc1nn2cc(-c3cc4ccc5c(c4o3)CCC5)nc2s1. The van der Waals surface area contributed by atoms with Crippen molar-refractivity contribution in [3.63, 3.8) is 0 Å². The Morgan fingerprint density at radius 2 is 2.27 bits per heavy atom. The molecule has 1 aliphatic rings. The molecule has 0 N–H and O–H groups in total. The van der Waals surface area contributed by atoms with Gasteiger partial charge in [-0.15, -0.1) is 5.10 Å². The maximum atomic E-state index is 6.15. The molecule has 0 atom stereocenters. The quantitative estimate of drug-likeness (QED) is 0.511. The minimum atomic E-state index is 0.832. The van der Waals surface area contributed by atoms with Gasteiger partial charge in [-0.1, -0.05) is 35.2 Å². The molecule has 4 nitrogen and oxygen atoms in total. The number of imidazole rings is 1. The summed E-state index contributed by atoms with van der Waals surface area (Å²) in [5, 5.41) is 5.65. The topological polar surface area (TPSA) is 43.3 Å². The Labute approximate surface area is 135 Å². The minimum absolute atomic E-state index is 0.832. The number of fused-ring (bicyclic) bond motifs is 4. The van der Waals surface area contributed by atoms with E-state index in [1.807, 2.05) is 17.0 Å². The molecule has 3 heterocycles. The molecule has 0 fully saturated rings. The fourth-order valence-corrected chi connectivity index (χ4v) is 4.52. The molecule has 0 unspecified atom stereocenters. The van der Waals surface area contributed by atoms with Gasteiger partial charge >= 0.3 is 0 Å². The van der Waals surface area contributed by atoms with Crippen molar-refractivity contribution in [3.05, 3.63) is 35.5 Å². The van der Waals surface area contributed by atoms with Crippen LogP contribution in [0.25, 0.3) is 27.4 Å². The first-order chi connectivity index (χ1) is 10.8. The van der Waals surface area contributed by atoms with E-state index in [1.54, 1.807) is 23.1 Å². The molecule has 0 amide bonds. The highest BCUT2D eigenvalue weighted by Gasteiger charge is 2.19. The van der Waals surface area contributed by atoms with E-state index >= 15 is 0 Å². The van der Waals surface area contributed by atoms with Crippen molar-refractivity contribution < 1.29 is 4.42 Å². The number of nitrogens with zero attached hydrogens (tertiary/aromatic N) is 3. The van der Waals surface area contributed by atoms with Crippen molar-refractivity contribution in [2.45, 2.75) is 23.6 Å². The summed E-state index contributed by atoms with van der Waals surface area (Å²) >= 11 is 3.24. The molecule has 0 saturated carbocycles. The summed E-state index contributed by atoms with van der Waals surface area (Å²) in [6.07, 6.45) is 7.49. The summed E-state index contributed by atoms with van der Waals surface area (Å²) in [5.74, 6) is 0.832. The highest BCUT2D eigenvalue weighted by atomic mass is 32.2. The molecular weight excluding hydrogens is 314 g/mol. The highest BCUT2D eigenvalue weighted by Crippen LogP contribution is 2.35. The predicted molar refractivity (Wildman–Crippen MR) is 89.9 cm³/mol. The third-order valence-corrected chi connectivity index (χ3v) is 6.11. The van der Waals surface area contributed by atoms with E-state index in [4.69, 9.17) is 4.42 Å². The highest BCUT2D eigenvalue weighted by molar-refractivity contribution is 8.00. The first kappa shape index (κ1) is 12.7. The zero-order valence-electron chi connectivity index (χ0n) is 12.0. The van der Waals surface area contributed by atoms with Crippen LogP contribution in [0.15, 0.2) is 33.2 Å². The van der Waals surface area contributed by atoms with Crippen molar-refractivity contribution >= 4 is 39.0 Å². The van der Waals surface area contributed by atoms with E-state index in [-0.39, 0.29) is 0 Å². The first-order valence-electron chi connectivity index (χ1n) is 7.27. The van der Waals surface area contributed by atoms with Gasteiger partial charge in [-0.05, 0) is 42.7 Å². The van der Waals surface area contributed by atoms with Crippen molar-refractivity contribution in [3.8, 4) is 11.5 Å². The molecule has 0 bridgehead atoms. The predicted octanol–water partition coefficient (Wildman–Crippen LogP) is 4.41. The van der Waals surface area contributed by atoms with Gasteiger partial charge in [-0.3, -0.25) is 0 Å². The largest absolute Gasteiger partial charge is 0.454 e. The lowest BCUT2D eigenvalue weighted by atomic mass is 10.1. The van der Waals surface area contributed by atoms with Crippen LogP contribution in [-0.4, -0.2) is 20.9 Å². The zero-order chi connectivity index (χ0) is 14.7. The van der Waals surface area contributed by atoms with Crippen LogP contribution in [0.2, 0.25) is 0 Å². The summed E-state index contributed by atoms with van der Waals surface area (Å²) in [7, 11) is 0. The van der Waals surface area contributed by atoms with Gasteiger partial charge in [0.25, 0.3) is 0 Å². The summed E-state index contributed by atoms with van der Waals surface area (Å²) in [6, 6.07) is 6.49. The van der Waals surface area contributed by atoms with Gasteiger partial charge in [0.15, 0.2) is 10.1 Å². The van der Waals surface area contributed by atoms with Gasteiger partial charge < -0.3 is 4.42 Å². The Balaban J connectivity index is 1.66. The van der Waals surface area contributed by atoms with E-state index < -0.39 is 0 Å². The molecule has 110 valence electrons. The maximum Gasteiger partial charge on any atom is 0.213 e. The summed E-state index contributed by atoms with van der Waals surface area (Å²) in [6.45, 7) is 0. The second-order valence-corrected chi connectivity index (χ2v) is 7.52. The summed E-state index contributed by atoms with van der Waals surface area (Å²) < 4.78 is 9.01. The van der Waals surface area contributed by atoms with Crippen molar-refractivity contribution in [1.29, 1.82) is 0 Å². The minimum Gasteiger partial charge on any atom is -0.454 e. The number of benzene rings is 1. The molecule has 6 heteroatoms. The van der Waals surface area contributed by atoms with Gasteiger partial charge in [0.05, 0.1) is 6.20 Å². The lowest BCUT2D eigenvalue weighted by Gasteiger charge is -1.98. The molecule has 0 spiro atoms. The van der Waals surface area contributed by atoms with Gasteiger partial charge in [-0.25, -0.2) is 9.50 Å². The molecule has 22 heavy (non-hydrogen) atoms. The van der Waals surface area contributed by atoms with Crippen molar-refractivity contribution in [2.24, 2.45) is 0 Å². The lowest BCUT2D eigenvalue weighted by Crippen LogP contribution is -1.81. The van der Waals surface area contributed by atoms with E-state index in [0.717, 1.165) is 32.8 Å². The fourth-order valence-electron chi connectivity index (χ4n) is 3.17. The summed E-state index contributed by atoms with van der Waals surface area (Å²) in [5.41, 5.74) is 4.71. The zero-order valence-corrected chi connectivity index (χ0v) is 13.6. The molecule has 0 saturated heterocycles. The Morgan fingerprint density at radius 3 is 3.14 bits per heavy atom. The van der Waals surface area contributed by atoms with Gasteiger partial charge in [0.1, 0.15) is 11.3 Å². The van der Waals surface area contributed by atoms with Crippen LogP contribution in [0.3, 0.4) is 0 Å². The second-order valence-electron chi connectivity index (χ2n) is 5.51. The average Bonchev–Trinajstić information content (AvgIpc) is 3.26. The maximum absolute atomic E-state index is 6.15. The second kappa shape index (κ2) is 4.60. The molecule has 1 aliphatic carbocycles. The molecule has 5 rings (SSSR count). The Kier molecular flexibility index (Phi) is 2.66. The summed E-state index contributed by atoms with van der Waals surface area (Å²) in [4.78, 5) is 5.56. The van der Waals surface area contributed by atoms with Crippen LogP contribution in [0, 0.1) is 0 Å². The molecule has 3 aromatic heterocycles. The molecule has 4 aromatic rings. The van der Waals surface area contributed by atoms with Crippen LogP contribution in [0.1, 0.15) is 17.5 Å². The average molecular weight is 327 g/mol. The van der Waals surface area contributed by atoms with Crippen molar-refractivity contribution in [2.75, 3.05) is 6.26 Å². The van der Waals surface area contributed by atoms with Crippen molar-refractivity contribution in [1.82, 2.24) is 14.6 Å². The lowest BCUT2D eigenvalue weighted by molar-refractivity contribution is 0.625. The molecule has 0 radical (unpaired) electrons. The Hall–Kier alpha value is -1.79. The number of rotatable bonds is 2. The first-order valence-corrected chi connectivity index (χ1v) is 9.31. The number of thioether (sulfide) groups is 1. The number of aryl methyl sites for hydroxylation is 2. The molecular formula is C16H13N3OS2. The fraction of sp³-hybridized carbons (Fsp3) is 0.250. The Bertz CT molecular complexity index is 980. The number of hydrogen-bond acceptors (Lipinski definition) is 5. The Morgan fingerprint density at radius 1 is 1.32 bits per heavy atom. The van der Waals surface area contributed by atoms with E-state index in [0.29, 0.717) is 0 Å². The molecule has 1 aromatic carbocycles. The van der Waals surface area contributed by atoms with Crippen LogP contribution in [-0.2, 0) is 12.8 Å². The monoisotopic (exact) mass is 327 g/mol. The van der Waals surface area contributed by atoms with Gasteiger partial charge in [0.2, 0.25) is 4.96 Å². The van der Waals surface area contributed by atoms with Gasteiger partial charge in [-0.2, -0.15) is 0 Å². The van der Waals surface area contributed by atoms with Crippen LogP contribution < -0.4 is 0 Å². The normalized spacial score (nSPS) is 14.2. The number of aromatic nitrogens is 3. The van der Waals surface area contributed by atoms with Crippen LogP contribution in [0.4, 0.5) is 0 Å². The van der Waals surface area contributed by atoms with Crippen LogP contribution >= 0.6 is 23.1 Å². The third-order valence-electron chi connectivity index (χ3n) is 4.21. The molecule has 0 aliphatic heterocycles. The van der Waals surface area contributed by atoms with E-state index in [2.05, 4.69) is 28.3 Å². The smallest absolute Gasteiger partial charge is 0.213 e. The van der Waals surface area contributed by atoms with Crippen LogP contribution in [0.5, 0.6) is 0 Å². The third kappa shape index (κ3) is 1.77.